The van der Waals surface area contributed by atoms with E-state index >= 15 is 0 Å². The molecule has 8 aromatic carbocycles. The van der Waals surface area contributed by atoms with Gasteiger partial charge in [0.1, 0.15) is 0 Å². The number of aromatic nitrogens is 2. The van der Waals surface area contributed by atoms with Crippen molar-refractivity contribution in [2.24, 2.45) is 57.2 Å². The molecule has 4 nitrogen and oxygen atoms in total. The molecule has 8 atom stereocenters. The number of para-hydroxylation sites is 4. The molecule has 5 heteroatoms. The Labute approximate surface area is 627 Å². The molecule has 8 aliphatic rings. The predicted molar refractivity (Wildman–Crippen MR) is 451 cm³/mol. The van der Waals surface area contributed by atoms with E-state index in [9.17, 15) is 0 Å². The molecule has 0 bridgehead atoms. The monoisotopic (exact) mass is 1380 g/mol. The molecule has 2 aromatic heterocycles. The van der Waals surface area contributed by atoms with Crippen molar-refractivity contribution in [2.45, 2.75) is 198 Å². The first-order valence-electron chi connectivity index (χ1n) is 40.9. The van der Waals surface area contributed by atoms with Crippen molar-refractivity contribution >= 4 is 89.5 Å². The molecule has 105 heavy (non-hydrogen) atoms. The molecule has 0 N–H and O–H groups in total. The van der Waals surface area contributed by atoms with Crippen molar-refractivity contribution in [1.82, 2.24) is 9.13 Å². The summed E-state index contributed by atoms with van der Waals surface area (Å²) < 4.78 is 5.21. The molecule has 2 aliphatic heterocycles. The lowest BCUT2D eigenvalue weighted by molar-refractivity contribution is 0.215. The molecule has 0 spiro atoms. The van der Waals surface area contributed by atoms with Crippen LogP contribution in [0.5, 0.6) is 0 Å². The Morgan fingerprint density at radius 2 is 0.733 bits per heavy atom. The van der Waals surface area contributed by atoms with Crippen molar-refractivity contribution in [3.05, 3.63) is 246 Å². The van der Waals surface area contributed by atoms with E-state index in [0.717, 1.165) is 77.0 Å². The highest BCUT2D eigenvalue weighted by molar-refractivity contribution is 7.00. The summed E-state index contributed by atoms with van der Waals surface area (Å²) in [6.07, 6.45) is 35.1. The van der Waals surface area contributed by atoms with Crippen LogP contribution in [-0.4, -0.2) is 27.9 Å². The zero-order valence-corrected chi connectivity index (χ0v) is 65.0. The van der Waals surface area contributed by atoms with Gasteiger partial charge in [-0.3, -0.25) is 0 Å². The Kier molecular flexibility index (Phi) is 17.0. The van der Waals surface area contributed by atoms with Gasteiger partial charge in [-0.05, 0) is 247 Å². The second kappa shape index (κ2) is 26.2. The van der Waals surface area contributed by atoms with Crippen LogP contribution in [-0.2, 0) is 0 Å². The van der Waals surface area contributed by atoms with Gasteiger partial charge in [-0.2, -0.15) is 0 Å². The van der Waals surface area contributed by atoms with E-state index in [1.54, 1.807) is 33.4 Å². The average Bonchev–Trinajstić information content (AvgIpc) is 1.07. The van der Waals surface area contributed by atoms with E-state index in [1.807, 2.05) is 0 Å². The Morgan fingerprint density at radius 3 is 1.09 bits per heavy atom. The lowest BCUT2D eigenvalue weighted by Gasteiger charge is -2.54. The lowest BCUT2D eigenvalue weighted by atomic mass is 9.33. The third kappa shape index (κ3) is 11.8. The van der Waals surface area contributed by atoms with Crippen LogP contribution in [0.1, 0.15) is 186 Å². The molecule has 0 amide bonds. The van der Waals surface area contributed by atoms with Gasteiger partial charge >= 0.3 is 0 Å². The van der Waals surface area contributed by atoms with Gasteiger partial charge in [0.05, 0.1) is 34.2 Å². The van der Waals surface area contributed by atoms with Crippen LogP contribution < -0.4 is 26.2 Å². The molecule has 0 saturated heterocycles. The number of fused-ring (bicyclic) bond motifs is 10. The van der Waals surface area contributed by atoms with Crippen LogP contribution in [0.15, 0.2) is 246 Å². The molecular formula is C100H111BN4. The van der Waals surface area contributed by atoms with Gasteiger partial charge in [0.15, 0.2) is 0 Å². The van der Waals surface area contributed by atoms with Gasteiger partial charge in [-0.1, -0.05) is 257 Å². The van der Waals surface area contributed by atoms with Crippen LogP contribution in [0.3, 0.4) is 0 Å². The van der Waals surface area contributed by atoms with E-state index in [2.05, 4.69) is 314 Å². The summed E-state index contributed by atoms with van der Waals surface area (Å²) in [5, 5.41) is 5.19. The topological polar surface area (TPSA) is 16.3 Å². The van der Waals surface area contributed by atoms with Crippen molar-refractivity contribution in [3.63, 3.8) is 0 Å². The first-order chi connectivity index (χ1) is 50.6. The van der Waals surface area contributed by atoms with Gasteiger partial charge in [0, 0.05) is 67.5 Å². The number of nitrogens with zero attached hydrogens (tertiary/aromatic N) is 4. The highest BCUT2D eigenvalue weighted by Gasteiger charge is 2.52. The molecule has 0 radical (unpaired) electrons. The van der Waals surface area contributed by atoms with Gasteiger partial charge < -0.3 is 18.9 Å². The van der Waals surface area contributed by atoms with Crippen LogP contribution in [0.4, 0.5) is 22.7 Å². The fourth-order valence-corrected chi connectivity index (χ4v) is 21.8. The van der Waals surface area contributed by atoms with Crippen LogP contribution >= 0.6 is 0 Å². The fraction of sp³-hybridized carbons (Fsp3) is 0.400. The summed E-state index contributed by atoms with van der Waals surface area (Å²) in [5.41, 5.74) is 30.7. The highest BCUT2D eigenvalue weighted by atomic mass is 15.2. The van der Waals surface area contributed by atoms with Crippen molar-refractivity contribution < 1.29 is 0 Å². The largest absolute Gasteiger partial charge is 0.334 e. The Morgan fingerprint density at radius 1 is 0.343 bits per heavy atom. The number of rotatable bonds is 9. The van der Waals surface area contributed by atoms with Crippen LogP contribution in [0.25, 0.3) is 66.1 Å². The smallest absolute Gasteiger partial charge is 0.252 e. The maximum Gasteiger partial charge on any atom is 0.252 e. The molecule has 6 aliphatic carbocycles. The van der Waals surface area contributed by atoms with Crippen LogP contribution in [0, 0.1) is 57.2 Å². The molecule has 0 saturated carbocycles. The zero-order valence-electron chi connectivity index (χ0n) is 65.0. The van der Waals surface area contributed by atoms with Crippen molar-refractivity contribution in [1.29, 1.82) is 0 Å². The van der Waals surface area contributed by atoms with E-state index in [-0.39, 0.29) is 40.5 Å². The molecule has 10 aromatic rings. The first kappa shape index (κ1) is 68.3. The summed E-state index contributed by atoms with van der Waals surface area (Å²) in [5.74, 6) is 2.86. The molecule has 0 fully saturated rings. The van der Waals surface area contributed by atoms with E-state index < -0.39 is 0 Å². The Balaban J connectivity index is 0.951. The third-order valence-electron chi connectivity index (χ3n) is 27.6. The standard InChI is InChI=1S/C100H111BN4/c1-97(2,3)70-48-40-65(41-49-70)76-32-24-33-77(66-42-50-71(51-43-66)98(4,5)6)95(76)104-90-62-74(102-86-36-20-16-28-80(86)81-29-17-21-37-87(81)102)56-58-84(90)101-85-59-57-75(103-88-38-22-18-30-82(88)83-31-19-23-39-89(83)103)63-91(85)105(93-61-69(60-92(104)94(93)101)64-26-14-13-15-27-64)96-78(67-44-52-72(53-45-67)99(7,8)9)34-25-35-79(96)68-46-54-73(55-47-68)100(10,11)12/h13-23,26-32,34,36-39,42,46,48,52,56-63,65,67,71,73,77,79,95-96H,24-25,33,35,40-41,43-45,47,49-51,53-55H2,1-12H3. The zero-order chi connectivity index (χ0) is 72.0. The van der Waals surface area contributed by atoms with Gasteiger partial charge in [0.2, 0.25) is 0 Å². The molecule has 534 valence electrons. The van der Waals surface area contributed by atoms with E-state index in [0.29, 0.717) is 35.5 Å². The number of allylic oxidation sites excluding steroid dienone is 8. The van der Waals surface area contributed by atoms with Gasteiger partial charge in [0.25, 0.3) is 6.71 Å². The maximum atomic E-state index is 3.09. The van der Waals surface area contributed by atoms with E-state index in [1.165, 1.54) is 131 Å². The predicted octanol–water partition coefficient (Wildman–Crippen LogP) is 25.5. The summed E-state index contributed by atoms with van der Waals surface area (Å²) in [6.45, 7) is 29.6. The fourth-order valence-electron chi connectivity index (χ4n) is 21.8. The summed E-state index contributed by atoms with van der Waals surface area (Å²) in [6, 6.07) is 69.8. The minimum Gasteiger partial charge on any atom is -0.334 e. The van der Waals surface area contributed by atoms with Crippen molar-refractivity contribution in [2.75, 3.05) is 9.80 Å². The summed E-state index contributed by atoms with van der Waals surface area (Å²) >= 11 is 0. The average molecular weight is 1380 g/mol. The molecular weight excluding hydrogens is 1270 g/mol. The molecule has 8 unspecified atom stereocenters. The number of hydrogen-bond acceptors (Lipinski definition) is 2. The highest BCUT2D eigenvalue weighted by Crippen LogP contribution is 2.56. The Hall–Kier alpha value is -8.54. The van der Waals surface area contributed by atoms with Crippen LogP contribution in [0.2, 0.25) is 0 Å². The first-order valence-corrected chi connectivity index (χ1v) is 40.9. The minimum absolute atomic E-state index is 0.0672. The quantitative estimate of drug-likeness (QED) is 0.106. The molecule has 4 heterocycles. The second-order valence-electron chi connectivity index (χ2n) is 37.5. The third-order valence-corrected chi connectivity index (χ3v) is 27.6. The number of anilines is 4. The number of hydrogen-bond donors (Lipinski definition) is 0. The maximum absolute atomic E-state index is 3.09. The SMILES string of the molecule is CC(C)(C)C1=CCC(C2=CCCC(C3=CCC(C(C)(C)C)CC3)C2N2c3cc(-n4c5ccccc5c5ccccc54)ccc3B3c4ccc(-n5c6ccccc6c6ccccc65)cc4N(C4C(C5CC=C(C(C)(C)C)CC5)=CCCC4C4=CCC(C(C)(C)C)CC4)c4cc(-c5ccccc5)cc2c43)CC1. The lowest BCUT2D eigenvalue weighted by Crippen LogP contribution is -2.65. The normalized spacial score (nSPS) is 23.9. The van der Waals surface area contributed by atoms with Gasteiger partial charge in [-0.15, -0.1) is 0 Å². The molecule has 18 rings (SSSR count). The summed E-state index contributed by atoms with van der Waals surface area (Å²) in [7, 11) is 0. The second-order valence-corrected chi connectivity index (χ2v) is 37.5. The van der Waals surface area contributed by atoms with E-state index in [4.69, 9.17) is 0 Å². The Bertz CT molecular complexity index is 4860. The van der Waals surface area contributed by atoms with Gasteiger partial charge in [-0.25, -0.2) is 0 Å². The number of benzene rings is 8. The summed E-state index contributed by atoms with van der Waals surface area (Å²) in [4.78, 5) is 6.18. The minimum atomic E-state index is -0.0672. The van der Waals surface area contributed by atoms with Crippen molar-refractivity contribution in [3.8, 4) is 22.5 Å².